The van der Waals surface area contributed by atoms with Crippen LogP contribution in [0.2, 0.25) is 5.02 Å². The molecule has 0 spiro atoms. The highest BCUT2D eigenvalue weighted by molar-refractivity contribution is 7.99. The van der Waals surface area contributed by atoms with E-state index in [0.29, 0.717) is 17.5 Å². The van der Waals surface area contributed by atoms with Gasteiger partial charge in [-0.05, 0) is 30.2 Å². The molecule has 112 valence electrons. The number of anilines is 1. The van der Waals surface area contributed by atoms with Crippen LogP contribution in [0, 0.1) is 0 Å². The number of halogens is 1. The van der Waals surface area contributed by atoms with E-state index in [1.807, 2.05) is 29.6 Å². The number of thioether (sulfide) groups is 1. The van der Waals surface area contributed by atoms with Gasteiger partial charge in [-0.15, -0.1) is 23.1 Å². The molecule has 0 unspecified atom stereocenters. The fourth-order valence-corrected chi connectivity index (χ4v) is 3.45. The standard InChI is InChI=1S/C15H17ClN2OS2/c1-10(2)13-9-21-15(17-13)18-14(19)7-8-20-12-5-3-11(16)4-6-12/h3-6,9-10H,7-8H2,1-2H3,(H,17,18,19). The normalized spacial score (nSPS) is 10.9. The molecular formula is C15H17ClN2OS2. The van der Waals surface area contributed by atoms with Gasteiger partial charge in [0.05, 0.1) is 5.69 Å². The summed E-state index contributed by atoms with van der Waals surface area (Å²) in [6.45, 7) is 4.17. The molecule has 1 N–H and O–H groups in total. The predicted molar refractivity (Wildman–Crippen MR) is 91.6 cm³/mol. The Kier molecular flexibility index (Phi) is 6.08. The van der Waals surface area contributed by atoms with Crippen molar-refractivity contribution in [3.63, 3.8) is 0 Å². The van der Waals surface area contributed by atoms with Crippen LogP contribution in [0.4, 0.5) is 5.13 Å². The number of thiazole rings is 1. The minimum absolute atomic E-state index is 0.00104. The highest BCUT2D eigenvalue weighted by Gasteiger charge is 2.08. The molecule has 0 saturated carbocycles. The van der Waals surface area contributed by atoms with Crippen LogP contribution < -0.4 is 5.32 Å². The van der Waals surface area contributed by atoms with Crippen LogP contribution >= 0.6 is 34.7 Å². The van der Waals surface area contributed by atoms with E-state index in [1.54, 1.807) is 11.8 Å². The Labute approximate surface area is 138 Å². The van der Waals surface area contributed by atoms with Gasteiger partial charge in [0.1, 0.15) is 0 Å². The molecule has 1 heterocycles. The third-order valence-electron chi connectivity index (χ3n) is 2.77. The van der Waals surface area contributed by atoms with E-state index in [-0.39, 0.29) is 5.91 Å². The quantitative estimate of drug-likeness (QED) is 0.749. The zero-order valence-electron chi connectivity index (χ0n) is 11.9. The van der Waals surface area contributed by atoms with Crippen LogP contribution in [0.5, 0.6) is 0 Å². The van der Waals surface area contributed by atoms with Gasteiger partial charge in [-0.25, -0.2) is 4.98 Å². The average Bonchev–Trinajstić information content (AvgIpc) is 2.90. The zero-order valence-corrected chi connectivity index (χ0v) is 14.3. The van der Waals surface area contributed by atoms with Gasteiger partial charge in [-0.2, -0.15) is 0 Å². The number of amides is 1. The number of carbonyl (C=O) groups is 1. The van der Waals surface area contributed by atoms with Crippen LogP contribution in [0.3, 0.4) is 0 Å². The second kappa shape index (κ2) is 7.82. The van der Waals surface area contributed by atoms with Gasteiger partial charge in [0, 0.05) is 27.5 Å². The molecule has 1 aromatic heterocycles. The lowest BCUT2D eigenvalue weighted by Crippen LogP contribution is -2.12. The highest BCUT2D eigenvalue weighted by atomic mass is 35.5. The van der Waals surface area contributed by atoms with Crippen LogP contribution in [0.25, 0.3) is 0 Å². The lowest BCUT2D eigenvalue weighted by atomic mass is 10.2. The van der Waals surface area contributed by atoms with Crippen molar-refractivity contribution in [2.75, 3.05) is 11.1 Å². The molecule has 0 radical (unpaired) electrons. The SMILES string of the molecule is CC(C)c1csc(NC(=O)CCSc2ccc(Cl)cc2)n1. The molecule has 0 atom stereocenters. The van der Waals surface area contributed by atoms with E-state index < -0.39 is 0 Å². The molecule has 0 aliphatic rings. The molecule has 0 aliphatic heterocycles. The molecule has 6 heteroatoms. The summed E-state index contributed by atoms with van der Waals surface area (Å²) in [5.74, 6) is 1.11. The fraction of sp³-hybridized carbons (Fsp3) is 0.333. The van der Waals surface area contributed by atoms with Crippen molar-refractivity contribution in [1.29, 1.82) is 0 Å². The predicted octanol–water partition coefficient (Wildman–Crippen LogP) is 5.04. The van der Waals surface area contributed by atoms with E-state index >= 15 is 0 Å². The Morgan fingerprint density at radius 1 is 1.38 bits per heavy atom. The summed E-state index contributed by atoms with van der Waals surface area (Å²) in [5, 5.41) is 6.24. The summed E-state index contributed by atoms with van der Waals surface area (Å²) in [5.41, 5.74) is 1.02. The molecule has 0 saturated heterocycles. The summed E-state index contributed by atoms with van der Waals surface area (Å²) in [6.07, 6.45) is 0.462. The van der Waals surface area contributed by atoms with Crippen molar-refractivity contribution in [2.24, 2.45) is 0 Å². The van der Waals surface area contributed by atoms with Crippen molar-refractivity contribution in [1.82, 2.24) is 4.98 Å². The number of nitrogens with one attached hydrogen (secondary N) is 1. The van der Waals surface area contributed by atoms with E-state index in [2.05, 4.69) is 24.1 Å². The second-order valence-corrected chi connectivity index (χ2v) is 7.30. The lowest BCUT2D eigenvalue weighted by Gasteiger charge is -2.03. The molecule has 21 heavy (non-hydrogen) atoms. The van der Waals surface area contributed by atoms with Gasteiger partial charge >= 0.3 is 0 Å². The Hall–Kier alpha value is -1.04. The maximum Gasteiger partial charge on any atom is 0.226 e. The van der Waals surface area contributed by atoms with Crippen LogP contribution in [-0.4, -0.2) is 16.6 Å². The first-order valence-electron chi connectivity index (χ1n) is 6.68. The first-order valence-corrected chi connectivity index (χ1v) is 8.92. The first kappa shape index (κ1) is 16.3. The van der Waals surface area contributed by atoms with Crippen LogP contribution in [0.1, 0.15) is 31.9 Å². The van der Waals surface area contributed by atoms with Gasteiger partial charge in [0.15, 0.2) is 5.13 Å². The monoisotopic (exact) mass is 340 g/mol. The Morgan fingerprint density at radius 3 is 2.71 bits per heavy atom. The molecule has 2 rings (SSSR count). The summed E-state index contributed by atoms with van der Waals surface area (Å²) in [6, 6.07) is 7.63. The van der Waals surface area contributed by atoms with Gasteiger partial charge in [0.2, 0.25) is 5.91 Å². The van der Waals surface area contributed by atoms with Crippen molar-refractivity contribution >= 4 is 45.7 Å². The van der Waals surface area contributed by atoms with Crippen molar-refractivity contribution in [3.05, 3.63) is 40.4 Å². The molecule has 1 aromatic carbocycles. The van der Waals surface area contributed by atoms with Crippen LogP contribution in [-0.2, 0) is 4.79 Å². The number of nitrogens with zero attached hydrogens (tertiary/aromatic N) is 1. The van der Waals surface area contributed by atoms with Crippen molar-refractivity contribution in [3.8, 4) is 0 Å². The minimum Gasteiger partial charge on any atom is -0.302 e. The summed E-state index contributed by atoms with van der Waals surface area (Å²) >= 11 is 8.95. The third kappa shape index (κ3) is 5.34. The first-order chi connectivity index (χ1) is 10.0. The fourth-order valence-electron chi connectivity index (χ4n) is 1.58. The van der Waals surface area contributed by atoms with Crippen molar-refractivity contribution < 1.29 is 4.79 Å². The molecule has 3 nitrogen and oxygen atoms in total. The molecule has 2 aromatic rings. The second-order valence-electron chi connectivity index (χ2n) is 4.83. The zero-order chi connectivity index (χ0) is 15.2. The maximum atomic E-state index is 11.9. The number of carbonyl (C=O) groups excluding carboxylic acids is 1. The van der Waals surface area contributed by atoms with E-state index in [0.717, 1.165) is 21.4 Å². The minimum atomic E-state index is 0.00104. The van der Waals surface area contributed by atoms with Gasteiger partial charge in [-0.3, -0.25) is 4.79 Å². The van der Waals surface area contributed by atoms with Gasteiger partial charge in [-0.1, -0.05) is 25.4 Å². The molecule has 0 fully saturated rings. The topological polar surface area (TPSA) is 42.0 Å². The summed E-state index contributed by atoms with van der Waals surface area (Å²) in [4.78, 5) is 17.4. The molecule has 0 bridgehead atoms. The van der Waals surface area contributed by atoms with Crippen LogP contribution in [0.15, 0.2) is 34.5 Å². The Balaban J connectivity index is 1.75. The third-order valence-corrected chi connectivity index (χ3v) is 4.81. The Bertz CT molecular complexity index is 596. The lowest BCUT2D eigenvalue weighted by molar-refractivity contribution is -0.115. The van der Waals surface area contributed by atoms with E-state index in [4.69, 9.17) is 11.6 Å². The van der Waals surface area contributed by atoms with E-state index in [1.165, 1.54) is 11.3 Å². The Morgan fingerprint density at radius 2 is 2.10 bits per heavy atom. The largest absolute Gasteiger partial charge is 0.302 e. The van der Waals surface area contributed by atoms with Crippen molar-refractivity contribution in [2.45, 2.75) is 31.1 Å². The summed E-state index contributed by atoms with van der Waals surface area (Å²) < 4.78 is 0. The summed E-state index contributed by atoms with van der Waals surface area (Å²) in [7, 11) is 0. The number of hydrogen-bond acceptors (Lipinski definition) is 4. The van der Waals surface area contributed by atoms with E-state index in [9.17, 15) is 4.79 Å². The molecular weight excluding hydrogens is 324 g/mol. The van der Waals surface area contributed by atoms with Gasteiger partial charge in [0.25, 0.3) is 0 Å². The number of rotatable bonds is 6. The number of aromatic nitrogens is 1. The molecule has 1 amide bonds. The molecule has 0 aliphatic carbocycles. The average molecular weight is 341 g/mol. The maximum absolute atomic E-state index is 11.9. The number of benzene rings is 1. The highest BCUT2D eigenvalue weighted by Crippen LogP contribution is 2.23. The number of hydrogen-bond donors (Lipinski definition) is 1. The van der Waals surface area contributed by atoms with Gasteiger partial charge < -0.3 is 5.32 Å². The smallest absolute Gasteiger partial charge is 0.226 e.